The molecular weight excluding hydrogens is 401 g/mol. The highest BCUT2D eigenvalue weighted by Gasteiger charge is 2.15. The van der Waals surface area contributed by atoms with Gasteiger partial charge in [-0.25, -0.2) is 9.67 Å². The second-order valence-corrected chi connectivity index (χ2v) is 6.86. The maximum absolute atomic E-state index is 12.3. The van der Waals surface area contributed by atoms with E-state index in [4.69, 9.17) is 23.2 Å². The summed E-state index contributed by atoms with van der Waals surface area (Å²) in [5, 5.41) is 10.4. The molecule has 1 atom stereocenters. The fraction of sp³-hybridized carbons (Fsp3) is 0.158. The molecule has 3 aromatic rings. The summed E-state index contributed by atoms with van der Waals surface area (Å²) in [7, 11) is 0. The van der Waals surface area contributed by atoms with Crippen molar-refractivity contribution in [3.05, 3.63) is 70.7 Å². The summed E-state index contributed by atoms with van der Waals surface area (Å²) in [4.78, 5) is 28.3. The van der Waals surface area contributed by atoms with Gasteiger partial charge in [-0.2, -0.15) is 5.10 Å². The molecule has 2 aromatic carbocycles. The van der Waals surface area contributed by atoms with Crippen molar-refractivity contribution in [2.24, 2.45) is 0 Å². The summed E-state index contributed by atoms with van der Waals surface area (Å²) in [6.07, 6.45) is 2.91. The minimum Gasteiger partial charge on any atom is -0.326 e. The van der Waals surface area contributed by atoms with E-state index in [9.17, 15) is 9.59 Å². The topological polar surface area (TPSA) is 88.9 Å². The van der Waals surface area contributed by atoms with Crippen LogP contribution in [-0.2, 0) is 16.0 Å². The van der Waals surface area contributed by atoms with Gasteiger partial charge in [-0.3, -0.25) is 9.59 Å². The zero-order valence-corrected chi connectivity index (χ0v) is 16.4. The van der Waals surface area contributed by atoms with Gasteiger partial charge >= 0.3 is 0 Å². The summed E-state index contributed by atoms with van der Waals surface area (Å²) >= 11 is 12.2. The minimum atomic E-state index is -0.498. The van der Waals surface area contributed by atoms with Gasteiger partial charge in [0, 0.05) is 21.4 Å². The van der Waals surface area contributed by atoms with Crippen LogP contribution in [0.5, 0.6) is 0 Å². The van der Waals surface area contributed by atoms with Crippen LogP contribution in [0, 0.1) is 0 Å². The molecule has 1 heterocycles. The van der Waals surface area contributed by atoms with Gasteiger partial charge in [0.25, 0.3) is 0 Å². The summed E-state index contributed by atoms with van der Waals surface area (Å²) in [5.41, 5.74) is 1.77. The van der Waals surface area contributed by atoms with Crippen LogP contribution in [0.4, 0.5) is 11.4 Å². The van der Waals surface area contributed by atoms with Crippen molar-refractivity contribution in [1.29, 1.82) is 0 Å². The van der Waals surface area contributed by atoms with Crippen molar-refractivity contribution >= 4 is 46.4 Å². The first-order valence-corrected chi connectivity index (χ1v) is 9.17. The molecule has 0 unspecified atom stereocenters. The number of nitrogens with one attached hydrogen (secondary N) is 2. The lowest BCUT2D eigenvalue weighted by molar-refractivity contribution is -0.119. The van der Waals surface area contributed by atoms with Crippen LogP contribution < -0.4 is 10.6 Å². The van der Waals surface area contributed by atoms with E-state index in [1.807, 2.05) is 0 Å². The van der Waals surface area contributed by atoms with Crippen LogP contribution in [0.25, 0.3) is 0 Å². The molecule has 0 radical (unpaired) electrons. The molecule has 0 aliphatic rings. The van der Waals surface area contributed by atoms with Gasteiger partial charge in [0.05, 0.1) is 6.42 Å². The van der Waals surface area contributed by atoms with E-state index in [-0.39, 0.29) is 18.2 Å². The van der Waals surface area contributed by atoms with Crippen LogP contribution in [0.15, 0.2) is 55.1 Å². The molecule has 2 N–H and O–H groups in total. The Morgan fingerprint density at radius 1 is 1.04 bits per heavy atom. The fourth-order valence-corrected chi connectivity index (χ4v) is 3.02. The van der Waals surface area contributed by atoms with E-state index in [1.54, 1.807) is 49.4 Å². The predicted octanol–water partition coefficient (Wildman–Crippen LogP) is 3.97. The highest BCUT2D eigenvalue weighted by atomic mass is 35.5. The van der Waals surface area contributed by atoms with E-state index < -0.39 is 6.04 Å². The Labute approximate surface area is 171 Å². The lowest BCUT2D eigenvalue weighted by Crippen LogP contribution is -2.24. The minimum absolute atomic E-state index is 0.0619. The first kappa shape index (κ1) is 19.9. The van der Waals surface area contributed by atoms with Crippen molar-refractivity contribution in [3.8, 4) is 0 Å². The zero-order valence-electron chi connectivity index (χ0n) is 14.9. The average molecular weight is 418 g/mol. The van der Waals surface area contributed by atoms with Gasteiger partial charge < -0.3 is 10.6 Å². The number of hydrogen-bond acceptors (Lipinski definition) is 4. The van der Waals surface area contributed by atoms with Crippen molar-refractivity contribution in [2.45, 2.75) is 19.4 Å². The highest BCUT2D eigenvalue weighted by molar-refractivity contribution is 6.36. The smallest absolute Gasteiger partial charge is 0.249 e. The van der Waals surface area contributed by atoms with E-state index >= 15 is 0 Å². The number of carbonyl (C=O) groups is 2. The van der Waals surface area contributed by atoms with Crippen LogP contribution in [0.1, 0.15) is 18.5 Å². The summed E-state index contributed by atoms with van der Waals surface area (Å²) in [6.45, 7) is 1.72. The highest BCUT2D eigenvalue weighted by Crippen LogP contribution is 2.25. The molecule has 0 saturated heterocycles. The molecule has 0 bridgehead atoms. The number of anilines is 2. The SMILES string of the molecule is C[C@@H](C(=O)Nc1ccc(NC(=O)Cc2c(Cl)cccc2Cl)cc1)n1cncn1. The maximum Gasteiger partial charge on any atom is 0.249 e. The third kappa shape index (κ3) is 4.88. The Bertz CT molecular complexity index is 954. The van der Waals surface area contributed by atoms with Crippen LogP contribution in [0.2, 0.25) is 10.0 Å². The van der Waals surface area contributed by atoms with E-state index in [2.05, 4.69) is 20.7 Å². The molecule has 28 heavy (non-hydrogen) atoms. The standard InChI is InChI=1S/C19H17Cl2N5O2/c1-12(26-11-22-10-23-26)19(28)25-14-7-5-13(6-8-14)24-18(27)9-15-16(20)3-2-4-17(15)21/h2-8,10-12H,9H2,1H3,(H,24,27)(H,25,28)/t12-/m0/s1. The lowest BCUT2D eigenvalue weighted by Gasteiger charge is -2.13. The van der Waals surface area contributed by atoms with Crippen LogP contribution in [-0.4, -0.2) is 26.6 Å². The quantitative estimate of drug-likeness (QED) is 0.634. The third-order valence-electron chi connectivity index (χ3n) is 4.05. The monoisotopic (exact) mass is 417 g/mol. The molecule has 0 fully saturated rings. The number of benzene rings is 2. The second-order valence-electron chi connectivity index (χ2n) is 6.04. The molecule has 9 heteroatoms. The molecule has 144 valence electrons. The van der Waals surface area contributed by atoms with E-state index in [0.29, 0.717) is 27.0 Å². The number of rotatable bonds is 6. The van der Waals surface area contributed by atoms with Crippen LogP contribution >= 0.6 is 23.2 Å². The normalized spacial score (nSPS) is 11.7. The van der Waals surface area contributed by atoms with Gasteiger partial charge in [0.15, 0.2) is 0 Å². The van der Waals surface area contributed by atoms with Crippen molar-refractivity contribution in [2.75, 3.05) is 10.6 Å². The fourth-order valence-electron chi connectivity index (χ4n) is 2.49. The molecule has 0 aliphatic heterocycles. The molecule has 0 spiro atoms. The average Bonchev–Trinajstić information content (AvgIpc) is 3.20. The molecule has 0 saturated carbocycles. The molecule has 1 aromatic heterocycles. The number of aromatic nitrogens is 3. The van der Waals surface area contributed by atoms with Gasteiger partial charge in [0.1, 0.15) is 18.7 Å². The van der Waals surface area contributed by atoms with Gasteiger partial charge in [-0.15, -0.1) is 0 Å². The maximum atomic E-state index is 12.3. The Kier molecular flexibility index (Phi) is 6.28. The first-order valence-electron chi connectivity index (χ1n) is 8.42. The summed E-state index contributed by atoms with van der Waals surface area (Å²) in [6, 6.07) is 11.4. The lowest BCUT2D eigenvalue weighted by atomic mass is 10.1. The van der Waals surface area contributed by atoms with Crippen molar-refractivity contribution in [3.63, 3.8) is 0 Å². The molecule has 7 nitrogen and oxygen atoms in total. The number of hydrogen-bond donors (Lipinski definition) is 2. The summed E-state index contributed by atoms with van der Waals surface area (Å²) < 4.78 is 1.46. The first-order chi connectivity index (χ1) is 13.4. The van der Waals surface area contributed by atoms with E-state index in [0.717, 1.165) is 0 Å². The zero-order chi connectivity index (χ0) is 20.1. The molecule has 2 amide bonds. The van der Waals surface area contributed by atoms with Crippen LogP contribution in [0.3, 0.4) is 0 Å². The largest absolute Gasteiger partial charge is 0.326 e. The third-order valence-corrected chi connectivity index (χ3v) is 4.76. The Morgan fingerprint density at radius 2 is 1.64 bits per heavy atom. The molecular formula is C19H17Cl2N5O2. The number of amides is 2. The van der Waals surface area contributed by atoms with Crippen molar-refractivity contribution < 1.29 is 9.59 Å². The number of nitrogens with zero attached hydrogens (tertiary/aromatic N) is 3. The van der Waals surface area contributed by atoms with Gasteiger partial charge in [-0.05, 0) is 48.9 Å². The summed E-state index contributed by atoms with van der Waals surface area (Å²) in [5.74, 6) is -0.470. The second kappa shape index (κ2) is 8.86. The Morgan fingerprint density at radius 3 is 2.21 bits per heavy atom. The number of halogens is 2. The van der Waals surface area contributed by atoms with E-state index in [1.165, 1.54) is 17.3 Å². The van der Waals surface area contributed by atoms with Crippen molar-refractivity contribution in [1.82, 2.24) is 14.8 Å². The molecule has 3 rings (SSSR count). The van der Waals surface area contributed by atoms with Gasteiger partial charge in [-0.1, -0.05) is 29.3 Å². The van der Waals surface area contributed by atoms with Gasteiger partial charge in [0.2, 0.25) is 11.8 Å². The predicted molar refractivity (Wildman–Crippen MR) is 109 cm³/mol. The Hall–Kier alpha value is -2.90. The molecule has 0 aliphatic carbocycles. The Balaban J connectivity index is 1.58. The number of carbonyl (C=O) groups excluding carboxylic acids is 2.